The second-order valence-corrected chi connectivity index (χ2v) is 12.8. The first-order valence-corrected chi connectivity index (χ1v) is 8.59. The van der Waals surface area contributed by atoms with Crippen LogP contribution in [0, 0.1) is 0 Å². The van der Waals surface area contributed by atoms with Crippen LogP contribution in [0.3, 0.4) is 0 Å². The summed E-state index contributed by atoms with van der Waals surface area (Å²) >= 11 is 7.09. The Morgan fingerprint density at radius 3 is 1.27 bits per heavy atom. The van der Waals surface area contributed by atoms with Gasteiger partial charge in [0.25, 0.3) is 0 Å². The molecular weight excluding hydrogens is 396 g/mol. The minimum atomic E-state index is -2.78. The predicted molar refractivity (Wildman–Crippen MR) is 30.2 cm³/mol. The Hall–Kier alpha value is 0.715. The average Bonchev–Trinajstić information content (AvgIpc) is 1.87. The Morgan fingerprint density at radius 1 is 0.818 bits per heavy atom. The zero-order valence-corrected chi connectivity index (χ0v) is 12.0. The fourth-order valence-corrected chi connectivity index (χ4v) is 5.31. The Kier molecular flexibility index (Phi) is 5.73. The third-order valence-electron chi connectivity index (χ3n) is 0.721. The second-order valence-electron chi connectivity index (χ2n) is 1.51. The molecule has 0 aliphatic carbocycles. The van der Waals surface area contributed by atoms with Crippen molar-refractivity contribution >= 4 is 23.2 Å². The van der Waals surface area contributed by atoms with Crippen LogP contribution in [0.2, 0.25) is 0 Å². The van der Waals surface area contributed by atoms with Crippen LogP contribution in [-0.2, 0) is 24.6 Å². The van der Waals surface area contributed by atoms with Gasteiger partial charge in [-0.25, -0.2) is 0 Å². The van der Waals surface area contributed by atoms with Gasteiger partial charge in [-0.1, -0.05) is 0 Å². The topological polar surface area (TPSA) is 0 Å². The molecule has 0 bridgehead atoms. The number of hydrogen-bond donors (Lipinski definition) is 0. The van der Waals surface area contributed by atoms with Gasteiger partial charge >= 0.3 is 82.6 Å². The number of hydrogen-bond acceptors (Lipinski definition) is 0. The molecule has 0 aromatic heterocycles. The van der Waals surface area contributed by atoms with Crippen molar-refractivity contribution < 1.29 is 42.1 Å². The van der Waals surface area contributed by atoms with Gasteiger partial charge in [-0.05, 0) is 0 Å². The van der Waals surface area contributed by atoms with Gasteiger partial charge in [-0.3, -0.25) is 0 Å². The summed E-state index contributed by atoms with van der Waals surface area (Å²) in [5.74, 6) is 0. The first kappa shape index (κ1) is 11.7. The molecule has 0 aromatic carbocycles. The molecule has 0 N–H and O–H groups in total. The van der Waals surface area contributed by atoms with Crippen LogP contribution in [0.25, 0.3) is 0 Å². The minimum absolute atomic E-state index is 0.747. The van der Waals surface area contributed by atoms with Crippen LogP contribution < -0.4 is 0 Å². The van der Waals surface area contributed by atoms with Gasteiger partial charge in [0.2, 0.25) is 0 Å². The summed E-state index contributed by atoms with van der Waals surface area (Å²) in [5.41, 5.74) is 0. The van der Waals surface area contributed by atoms with E-state index in [-0.39, 0.29) is 0 Å². The fourth-order valence-electron chi connectivity index (χ4n) is 0.270. The van der Waals surface area contributed by atoms with Crippen molar-refractivity contribution in [3.8, 4) is 0 Å². The summed E-state index contributed by atoms with van der Waals surface area (Å²) in [6.07, 6.45) is -4.21. The van der Waals surface area contributed by atoms with Gasteiger partial charge in [0.05, 0.1) is 0 Å². The van der Waals surface area contributed by atoms with Crippen molar-refractivity contribution in [3.63, 3.8) is 0 Å². The van der Waals surface area contributed by atoms with E-state index >= 15 is 0 Å². The molecule has 0 saturated heterocycles. The summed E-state index contributed by atoms with van der Waals surface area (Å²) in [6, 6.07) is 0. The summed E-state index contributed by atoms with van der Waals surface area (Å²) in [6.45, 7) is 0. The molecule has 0 radical (unpaired) electrons. The third-order valence-corrected chi connectivity index (χ3v) is 7.84. The Bertz CT molecular complexity index is 182. The quantitative estimate of drug-likeness (QED) is 0.494. The van der Waals surface area contributed by atoms with Crippen molar-refractivity contribution in [1.29, 1.82) is 0 Å². The van der Waals surface area contributed by atoms with Crippen molar-refractivity contribution in [1.82, 2.24) is 0 Å². The molecule has 7 heteroatoms. The summed E-state index contributed by atoms with van der Waals surface area (Å²) in [5, 5.41) is 0. The fraction of sp³-hybridized carbons (Fsp3) is 0. The summed E-state index contributed by atoms with van der Waals surface area (Å²) < 4.78 is 44.6. The van der Waals surface area contributed by atoms with Crippen LogP contribution in [0.4, 0.5) is 17.6 Å². The first-order valence-electron chi connectivity index (χ1n) is 2.34. The zero-order chi connectivity index (χ0) is 9.02. The van der Waals surface area contributed by atoms with Crippen molar-refractivity contribution in [2.75, 3.05) is 0 Å². The molecular formula is C4Cl2F4Hg. The van der Waals surface area contributed by atoms with E-state index in [1.807, 2.05) is 0 Å². The molecule has 0 rings (SSSR count). The van der Waals surface area contributed by atoms with E-state index in [0.29, 0.717) is 0 Å². The van der Waals surface area contributed by atoms with Crippen LogP contribution in [0.1, 0.15) is 0 Å². The van der Waals surface area contributed by atoms with Crippen molar-refractivity contribution in [2.45, 2.75) is 0 Å². The Labute approximate surface area is 82.3 Å². The van der Waals surface area contributed by atoms with Crippen LogP contribution >= 0.6 is 23.2 Å². The van der Waals surface area contributed by atoms with Gasteiger partial charge in [0.1, 0.15) is 0 Å². The molecule has 0 aliphatic rings. The second kappa shape index (κ2) is 5.38. The molecule has 0 amide bonds. The molecule has 0 atom stereocenters. The maximum absolute atomic E-state index is 11.5. The third kappa shape index (κ3) is 5.03. The predicted octanol–water partition coefficient (Wildman–Crippen LogP) is 3.68. The van der Waals surface area contributed by atoms with Gasteiger partial charge in [-0.2, -0.15) is 0 Å². The first-order chi connectivity index (χ1) is 4.95. The van der Waals surface area contributed by atoms with E-state index in [1.165, 1.54) is 0 Å². The van der Waals surface area contributed by atoms with Crippen LogP contribution in [-0.4, -0.2) is 0 Å². The maximum atomic E-state index is 11.5. The van der Waals surface area contributed by atoms with E-state index in [9.17, 15) is 17.6 Å². The van der Waals surface area contributed by atoms with Crippen molar-refractivity contribution in [3.05, 3.63) is 17.2 Å². The Balaban J connectivity index is 4.30. The molecule has 0 aromatic rings. The molecule has 11 heavy (non-hydrogen) atoms. The van der Waals surface area contributed by atoms with Crippen molar-refractivity contribution in [2.24, 2.45) is 0 Å². The number of rotatable bonds is 2. The molecule has 0 saturated carbocycles. The van der Waals surface area contributed by atoms with E-state index in [0.717, 1.165) is 0 Å². The molecule has 0 fully saturated rings. The van der Waals surface area contributed by atoms with Crippen LogP contribution in [0.15, 0.2) is 17.2 Å². The molecule has 0 aliphatic heterocycles. The molecule has 0 spiro atoms. The normalized spacial score (nSPS) is 8.55. The summed E-state index contributed by atoms with van der Waals surface area (Å²) in [7, 11) is 0. The monoisotopic (exact) mass is 396 g/mol. The Morgan fingerprint density at radius 2 is 1.09 bits per heavy atom. The summed E-state index contributed by atoms with van der Waals surface area (Å²) in [4.78, 5) is 0. The molecule has 0 heterocycles. The van der Waals surface area contributed by atoms with E-state index in [1.54, 1.807) is 0 Å². The zero-order valence-electron chi connectivity index (χ0n) is 4.97. The van der Waals surface area contributed by atoms with E-state index in [2.05, 4.69) is 0 Å². The molecule has 60 valence electrons. The van der Waals surface area contributed by atoms with Gasteiger partial charge in [0.15, 0.2) is 0 Å². The molecule has 0 nitrogen and oxygen atoms in total. The van der Waals surface area contributed by atoms with Gasteiger partial charge in [0, 0.05) is 0 Å². The van der Waals surface area contributed by atoms with Gasteiger partial charge in [-0.15, -0.1) is 0 Å². The van der Waals surface area contributed by atoms with E-state index < -0.39 is 41.8 Å². The van der Waals surface area contributed by atoms with E-state index in [4.69, 9.17) is 23.2 Å². The SMILES string of the molecule is FC(F)=[C](Cl)[Hg][C](Cl)=C(F)F. The number of halogens is 6. The molecule has 0 unspecified atom stereocenters. The van der Waals surface area contributed by atoms with Gasteiger partial charge < -0.3 is 0 Å². The standard InChI is InChI=1S/2C2ClF2.Hg/c2*3-1-2(4)5;. The average molecular weight is 396 g/mol. The van der Waals surface area contributed by atoms with Crippen LogP contribution in [0.5, 0.6) is 0 Å².